The van der Waals surface area contributed by atoms with Crippen LogP contribution in [0.15, 0.2) is 17.6 Å². The maximum absolute atomic E-state index is 4.47. The van der Waals surface area contributed by atoms with Crippen molar-refractivity contribution in [1.82, 2.24) is 14.8 Å². The standard InChI is InChI=1S/C10H14N4S/c1-3-10-12-8(7-15-10)6-11-9-4-5-14(2)13-9/h4-5,7H,3,6H2,1-2H3,(H,11,13). The summed E-state index contributed by atoms with van der Waals surface area (Å²) in [6.07, 6.45) is 2.93. The molecule has 0 spiro atoms. The lowest BCUT2D eigenvalue weighted by atomic mass is 10.4. The van der Waals surface area contributed by atoms with E-state index in [0.29, 0.717) is 0 Å². The average molecular weight is 222 g/mol. The van der Waals surface area contributed by atoms with Gasteiger partial charge in [-0.1, -0.05) is 6.92 Å². The fourth-order valence-electron chi connectivity index (χ4n) is 1.28. The molecule has 15 heavy (non-hydrogen) atoms. The Morgan fingerprint density at radius 2 is 2.40 bits per heavy atom. The van der Waals surface area contributed by atoms with Crippen LogP contribution in [0.1, 0.15) is 17.6 Å². The first kappa shape index (κ1) is 10.2. The second-order valence-electron chi connectivity index (χ2n) is 3.31. The number of hydrogen-bond donors (Lipinski definition) is 1. The Labute approximate surface area is 93.0 Å². The Morgan fingerprint density at radius 1 is 1.53 bits per heavy atom. The monoisotopic (exact) mass is 222 g/mol. The van der Waals surface area contributed by atoms with Gasteiger partial charge in [0, 0.05) is 24.7 Å². The molecule has 0 aliphatic heterocycles. The Balaban J connectivity index is 1.93. The highest BCUT2D eigenvalue weighted by atomic mass is 32.1. The zero-order valence-corrected chi connectivity index (χ0v) is 9.71. The molecule has 0 aromatic carbocycles. The van der Waals surface area contributed by atoms with E-state index in [0.717, 1.165) is 24.5 Å². The van der Waals surface area contributed by atoms with Crippen LogP contribution < -0.4 is 5.32 Å². The van der Waals surface area contributed by atoms with E-state index in [-0.39, 0.29) is 0 Å². The minimum Gasteiger partial charge on any atom is -0.363 e. The van der Waals surface area contributed by atoms with Crippen molar-refractivity contribution in [2.24, 2.45) is 7.05 Å². The third-order valence-corrected chi connectivity index (χ3v) is 3.11. The van der Waals surface area contributed by atoms with Crippen LogP contribution >= 0.6 is 11.3 Å². The van der Waals surface area contributed by atoms with Crippen molar-refractivity contribution < 1.29 is 0 Å². The summed E-state index contributed by atoms with van der Waals surface area (Å²) in [7, 11) is 1.91. The molecule has 4 nitrogen and oxygen atoms in total. The smallest absolute Gasteiger partial charge is 0.148 e. The number of rotatable bonds is 4. The molecule has 2 aromatic heterocycles. The van der Waals surface area contributed by atoms with Crippen LogP contribution in [0.4, 0.5) is 5.82 Å². The van der Waals surface area contributed by atoms with Gasteiger partial charge in [0.25, 0.3) is 0 Å². The summed E-state index contributed by atoms with van der Waals surface area (Å²) in [5, 5.41) is 10.7. The van der Waals surface area contributed by atoms with Crippen LogP contribution in [-0.2, 0) is 20.0 Å². The molecule has 0 saturated heterocycles. The third kappa shape index (κ3) is 2.56. The summed E-state index contributed by atoms with van der Waals surface area (Å²) < 4.78 is 1.78. The molecule has 1 N–H and O–H groups in total. The van der Waals surface area contributed by atoms with Crippen LogP contribution in [0.3, 0.4) is 0 Å². The first-order valence-electron chi connectivity index (χ1n) is 4.94. The van der Waals surface area contributed by atoms with E-state index in [4.69, 9.17) is 0 Å². The Hall–Kier alpha value is -1.36. The van der Waals surface area contributed by atoms with Gasteiger partial charge in [-0.05, 0) is 6.42 Å². The summed E-state index contributed by atoms with van der Waals surface area (Å²) in [6, 6.07) is 1.95. The van der Waals surface area contributed by atoms with Crippen LogP contribution in [0.25, 0.3) is 0 Å². The number of anilines is 1. The van der Waals surface area contributed by atoms with Gasteiger partial charge in [-0.15, -0.1) is 11.3 Å². The summed E-state index contributed by atoms with van der Waals surface area (Å²) >= 11 is 1.71. The van der Waals surface area contributed by atoms with Crippen molar-refractivity contribution in [3.63, 3.8) is 0 Å². The largest absolute Gasteiger partial charge is 0.363 e. The number of hydrogen-bond acceptors (Lipinski definition) is 4. The van der Waals surface area contributed by atoms with E-state index in [1.807, 2.05) is 19.3 Å². The number of nitrogens with one attached hydrogen (secondary N) is 1. The lowest BCUT2D eigenvalue weighted by molar-refractivity contribution is 0.768. The van der Waals surface area contributed by atoms with Gasteiger partial charge in [0.2, 0.25) is 0 Å². The van der Waals surface area contributed by atoms with E-state index >= 15 is 0 Å². The summed E-state index contributed by atoms with van der Waals surface area (Å²) in [6.45, 7) is 2.86. The van der Waals surface area contributed by atoms with Gasteiger partial charge >= 0.3 is 0 Å². The van der Waals surface area contributed by atoms with E-state index in [1.165, 1.54) is 5.01 Å². The molecule has 2 heterocycles. The van der Waals surface area contributed by atoms with Gasteiger partial charge in [-0.2, -0.15) is 5.10 Å². The van der Waals surface area contributed by atoms with Gasteiger partial charge in [0.05, 0.1) is 17.2 Å². The van der Waals surface area contributed by atoms with E-state index in [1.54, 1.807) is 16.0 Å². The highest BCUT2D eigenvalue weighted by molar-refractivity contribution is 7.09. The van der Waals surface area contributed by atoms with Gasteiger partial charge in [0.15, 0.2) is 0 Å². The molecule has 5 heteroatoms. The van der Waals surface area contributed by atoms with Crippen molar-refractivity contribution in [3.05, 3.63) is 28.3 Å². The minimum absolute atomic E-state index is 0.744. The fraction of sp³-hybridized carbons (Fsp3) is 0.400. The molecular weight excluding hydrogens is 208 g/mol. The van der Waals surface area contributed by atoms with Crippen LogP contribution in [0.5, 0.6) is 0 Å². The molecule has 0 saturated carbocycles. The Morgan fingerprint density at radius 3 is 3.00 bits per heavy atom. The SMILES string of the molecule is CCc1nc(CNc2ccn(C)n2)cs1. The molecule has 80 valence electrons. The third-order valence-electron chi connectivity index (χ3n) is 2.07. The topological polar surface area (TPSA) is 42.7 Å². The van der Waals surface area contributed by atoms with Crippen LogP contribution in [0, 0.1) is 0 Å². The zero-order chi connectivity index (χ0) is 10.7. The normalized spacial score (nSPS) is 10.5. The summed E-state index contributed by atoms with van der Waals surface area (Å²) in [5.41, 5.74) is 1.09. The molecule has 0 aliphatic rings. The number of aryl methyl sites for hydroxylation is 2. The molecule has 0 radical (unpaired) electrons. The molecule has 0 bridgehead atoms. The molecule has 0 unspecified atom stereocenters. The number of aromatic nitrogens is 3. The van der Waals surface area contributed by atoms with Gasteiger partial charge < -0.3 is 5.32 Å². The van der Waals surface area contributed by atoms with E-state index in [9.17, 15) is 0 Å². The van der Waals surface area contributed by atoms with Crippen molar-refractivity contribution in [2.45, 2.75) is 19.9 Å². The van der Waals surface area contributed by atoms with E-state index in [2.05, 4.69) is 27.7 Å². The highest BCUT2D eigenvalue weighted by Crippen LogP contribution is 2.11. The maximum atomic E-state index is 4.47. The molecule has 0 fully saturated rings. The molecule has 0 amide bonds. The predicted molar refractivity (Wildman–Crippen MR) is 62.0 cm³/mol. The summed E-state index contributed by atoms with van der Waals surface area (Å²) in [4.78, 5) is 4.47. The highest BCUT2D eigenvalue weighted by Gasteiger charge is 2.01. The Bertz CT molecular complexity index is 432. The molecule has 2 rings (SSSR count). The average Bonchev–Trinajstić information content (AvgIpc) is 2.83. The fourth-order valence-corrected chi connectivity index (χ4v) is 2.03. The number of nitrogens with zero attached hydrogens (tertiary/aromatic N) is 3. The van der Waals surface area contributed by atoms with Crippen molar-refractivity contribution in [2.75, 3.05) is 5.32 Å². The van der Waals surface area contributed by atoms with E-state index < -0.39 is 0 Å². The van der Waals surface area contributed by atoms with Crippen molar-refractivity contribution in [3.8, 4) is 0 Å². The second kappa shape index (κ2) is 4.44. The van der Waals surface area contributed by atoms with Crippen LogP contribution in [0.2, 0.25) is 0 Å². The molecule has 0 atom stereocenters. The minimum atomic E-state index is 0.744. The van der Waals surface area contributed by atoms with Crippen molar-refractivity contribution in [1.29, 1.82) is 0 Å². The number of thiazole rings is 1. The second-order valence-corrected chi connectivity index (χ2v) is 4.26. The maximum Gasteiger partial charge on any atom is 0.148 e. The molecule has 0 aliphatic carbocycles. The molecular formula is C10H14N4S. The van der Waals surface area contributed by atoms with Crippen molar-refractivity contribution >= 4 is 17.2 Å². The first-order valence-corrected chi connectivity index (χ1v) is 5.82. The van der Waals surface area contributed by atoms with Crippen LogP contribution in [-0.4, -0.2) is 14.8 Å². The van der Waals surface area contributed by atoms with Gasteiger partial charge in [0.1, 0.15) is 5.82 Å². The lowest BCUT2D eigenvalue weighted by Crippen LogP contribution is -2.01. The first-order chi connectivity index (χ1) is 7.28. The lowest BCUT2D eigenvalue weighted by Gasteiger charge is -1.98. The Kier molecular flexibility index (Phi) is 3.01. The van der Waals surface area contributed by atoms with Gasteiger partial charge in [-0.25, -0.2) is 4.98 Å². The quantitative estimate of drug-likeness (QED) is 0.861. The predicted octanol–water partition coefficient (Wildman–Crippen LogP) is 2.05. The molecule has 2 aromatic rings. The summed E-state index contributed by atoms with van der Waals surface area (Å²) in [5.74, 6) is 0.892. The van der Waals surface area contributed by atoms with Gasteiger partial charge in [-0.3, -0.25) is 4.68 Å². The zero-order valence-electron chi connectivity index (χ0n) is 8.90.